The second-order valence-electron chi connectivity index (χ2n) is 5.82. The SMILES string of the molecule is O=[P+](O)C(F)(F)c1ccc(-c2ccc(O)cc2)c2oc3ccccc3c12. The minimum atomic E-state index is -3.91. The van der Waals surface area contributed by atoms with Gasteiger partial charge in [0, 0.05) is 16.3 Å². The predicted molar refractivity (Wildman–Crippen MR) is 94.5 cm³/mol. The van der Waals surface area contributed by atoms with E-state index in [4.69, 9.17) is 9.31 Å². The highest BCUT2D eigenvalue weighted by Gasteiger charge is 2.55. The molecule has 26 heavy (non-hydrogen) atoms. The maximum Gasteiger partial charge on any atom is 0.589 e. The Hall–Kier alpha value is -2.82. The fourth-order valence-corrected chi connectivity index (χ4v) is 3.44. The Morgan fingerprint density at radius 3 is 2.35 bits per heavy atom. The van der Waals surface area contributed by atoms with Gasteiger partial charge in [0.15, 0.2) is 0 Å². The molecule has 0 amide bonds. The van der Waals surface area contributed by atoms with Crippen LogP contribution in [0.1, 0.15) is 5.56 Å². The number of hydrogen-bond donors (Lipinski definition) is 2. The summed E-state index contributed by atoms with van der Waals surface area (Å²) < 4.78 is 45.9. The molecule has 2 N–H and O–H groups in total. The highest BCUT2D eigenvalue weighted by molar-refractivity contribution is 7.39. The summed E-state index contributed by atoms with van der Waals surface area (Å²) in [6.45, 7) is 0. The Kier molecular flexibility index (Phi) is 3.75. The summed E-state index contributed by atoms with van der Waals surface area (Å²) in [5.41, 5.74) is -2.65. The van der Waals surface area contributed by atoms with Crippen molar-refractivity contribution in [3.8, 4) is 16.9 Å². The second kappa shape index (κ2) is 5.87. The van der Waals surface area contributed by atoms with E-state index in [0.29, 0.717) is 22.1 Å². The monoisotopic (exact) mass is 373 g/mol. The fraction of sp³-hybridized carbons (Fsp3) is 0.0526. The number of fused-ring (bicyclic) bond motifs is 3. The Balaban J connectivity index is 2.12. The lowest BCUT2D eigenvalue weighted by Gasteiger charge is -2.09. The van der Waals surface area contributed by atoms with Gasteiger partial charge < -0.3 is 9.52 Å². The van der Waals surface area contributed by atoms with E-state index in [0.717, 1.165) is 6.07 Å². The Morgan fingerprint density at radius 1 is 0.962 bits per heavy atom. The molecule has 7 heteroatoms. The van der Waals surface area contributed by atoms with Crippen molar-refractivity contribution in [2.45, 2.75) is 5.66 Å². The molecular weight excluding hydrogens is 361 g/mol. The van der Waals surface area contributed by atoms with Crippen LogP contribution in [-0.2, 0) is 10.2 Å². The molecule has 0 spiro atoms. The highest BCUT2D eigenvalue weighted by atomic mass is 31.1. The van der Waals surface area contributed by atoms with E-state index in [-0.39, 0.29) is 16.7 Å². The van der Waals surface area contributed by atoms with Crippen LogP contribution in [0.15, 0.2) is 65.1 Å². The quantitative estimate of drug-likeness (QED) is 0.449. The number of phenols is 1. The zero-order chi connectivity index (χ0) is 18.5. The molecule has 4 rings (SSSR count). The van der Waals surface area contributed by atoms with Crippen LogP contribution < -0.4 is 0 Å². The summed E-state index contributed by atoms with van der Waals surface area (Å²) in [4.78, 5) is 9.12. The maximum absolute atomic E-state index is 14.4. The predicted octanol–water partition coefficient (Wildman–Crippen LogP) is 5.74. The van der Waals surface area contributed by atoms with E-state index in [9.17, 15) is 18.5 Å². The normalized spacial score (nSPS) is 12.7. The lowest BCUT2D eigenvalue weighted by Crippen LogP contribution is -2.08. The van der Waals surface area contributed by atoms with Crippen LogP contribution in [0.3, 0.4) is 0 Å². The molecule has 0 saturated heterocycles. The van der Waals surface area contributed by atoms with Crippen molar-refractivity contribution in [2.24, 2.45) is 0 Å². The van der Waals surface area contributed by atoms with Gasteiger partial charge in [-0.05, 0) is 40.5 Å². The maximum atomic E-state index is 14.4. The molecule has 0 aliphatic heterocycles. The molecule has 0 bridgehead atoms. The lowest BCUT2D eigenvalue weighted by atomic mass is 9.98. The molecule has 3 aromatic carbocycles. The number of furan rings is 1. The third-order valence-corrected chi connectivity index (χ3v) is 4.99. The molecule has 4 nitrogen and oxygen atoms in total. The summed E-state index contributed by atoms with van der Waals surface area (Å²) in [5.74, 6) is 0.0787. The third kappa shape index (κ3) is 2.46. The lowest BCUT2D eigenvalue weighted by molar-refractivity contribution is 0.0831. The summed E-state index contributed by atoms with van der Waals surface area (Å²) in [6.07, 6.45) is 0. The summed E-state index contributed by atoms with van der Waals surface area (Å²) in [7, 11) is -3.76. The molecule has 4 aromatic rings. The van der Waals surface area contributed by atoms with E-state index in [1.54, 1.807) is 36.4 Å². The van der Waals surface area contributed by atoms with Crippen LogP contribution in [0.2, 0.25) is 0 Å². The summed E-state index contributed by atoms with van der Waals surface area (Å²) >= 11 is 0. The minimum Gasteiger partial charge on any atom is -0.508 e. The van der Waals surface area contributed by atoms with Crippen molar-refractivity contribution in [3.05, 3.63) is 66.2 Å². The first-order chi connectivity index (χ1) is 12.4. The third-order valence-electron chi connectivity index (χ3n) is 4.27. The number of benzene rings is 3. The van der Waals surface area contributed by atoms with E-state index in [1.807, 2.05) is 0 Å². The van der Waals surface area contributed by atoms with Gasteiger partial charge in [0.2, 0.25) is 0 Å². The Labute approximate surface area is 147 Å². The Morgan fingerprint density at radius 2 is 1.65 bits per heavy atom. The van der Waals surface area contributed by atoms with E-state index >= 15 is 0 Å². The first-order valence-corrected chi connectivity index (χ1v) is 8.89. The molecule has 0 aliphatic carbocycles. The van der Waals surface area contributed by atoms with Gasteiger partial charge in [0.25, 0.3) is 0 Å². The number of aromatic hydroxyl groups is 1. The van der Waals surface area contributed by atoms with Crippen molar-refractivity contribution in [3.63, 3.8) is 0 Å². The smallest absolute Gasteiger partial charge is 0.508 e. The average Bonchev–Trinajstić information content (AvgIpc) is 3.01. The van der Waals surface area contributed by atoms with Crippen molar-refractivity contribution in [1.29, 1.82) is 0 Å². The van der Waals surface area contributed by atoms with Crippen LogP contribution >= 0.6 is 8.03 Å². The molecular formula is C19H12F2O4P+. The topological polar surface area (TPSA) is 70.7 Å². The summed E-state index contributed by atoms with van der Waals surface area (Å²) in [5, 5.41) is 10.0. The molecule has 1 atom stereocenters. The Bertz CT molecular complexity index is 1150. The number of rotatable bonds is 3. The molecule has 130 valence electrons. The molecule has 0 aliphatic rings. The van der Waals surface area contributed by atoms with E-state index in [1.165, 1.54) is 18.2 Å². The van der Waals surface area contributed by atoms with Crippen molar-refractivity contribution < 1.29 is 27.8 Å². The second-order valence-corrected chi connectivity index (χ2v) is 6.93. The van der Waals surface area contributed by atoms with Gasteiger partial charge in [-0.1, -0.05) is 30.3 Å². The van der Waals surface area contributed by atoms with Gasteiger partial charge >= 0.3 is 13.7 Å². The van der Waals surface area contributed by atoms with E-state index < -0.39 is 19.3 Å². The van der Waals surface area contributed by atoms with Gasteiger partial charge in [-0.15, -0.1) is 8.78 Å². The van der Waals surface area contributed by atoms with Gasteiger partial charge in [-0.25, -0.2) is 0 Å². The molecule has 1 aromatic heterocycles. The largest absolute Gasteiger partial charge is 0.589 e. The molecule has 0 fully saturated rings. The zero-order valence-electron chi connectivity index (χ0n) is 13.2. The number of hydrogen-bond acceptors (Lipinski definition) is 3. The van der Waals surface area contributed by atoms with Gasteiger partial charge in [0.1, 0.15) is 16.9 Å². The van der Waals surface area contributed by atoms with E-state index in [2.05, 4.69) is 0 Å². The standard InChI is InChI=1S/C19H11F2O4P/c20-19(21,26(23)24)15-10-9-13(11-5-7-12(22)8-6-11)18-17(15)14-3-1-2-4-16(14)25-18/h1-10H,(H-,22,23,24)/p+1. The van der Waals surface area contributed by atoms with Gasteiger partial charge in [-0.3, -0.25) is 0 Å². The number of phenolic OH excluding ortho intramolecular Hbond substituents is 1. The number of alkyl halides is 2. The minimum absolute atomic E-state index is 0.0787. The van der Waals surface area contributed by atoms with Crippen LogP contribution in [0.25, 0.3) is 33.1 Å². The molecule has 0 saturated carbocycles. The highest BCUT2D eigenvalue weighted by Crippen LogP contribution is 2.52. The first-order valence-electron chi connectivity index (χ1n) is 7.68. The number of halogens is 2. The molecule has 1 heterocycles. The van der Waals surface area contributed by atoms with Crippen LogP contribution in [0.5, 0.6) is 5.75 Å². The molecule has 0 radical (unpaired) electrons. The fourth-order valence-electron chi connectivity index (χ4n) is 3.05. The number of para-hydroxylation sites is 1. The first kappa shape index (κ1) is 16.6. The molecule has 1 unspecified atom stereocenters. The van der Waals surface area contributed by atoms with Crippen LogP contribution in [0, 0.1) is 0 Å². The average molecular weight is 373 g/mol. The van der Waals surface area contributed by atoms with Crippen LogP contribution in [0.4, 0.5) is 8.78 Å². The van der Waals surface area contributed by atoms with Crippen molar-refractivity contribution >= 4 is 30.0 Å². The van der Waals surface area contributed by atoms with Crippen molar-refractivity contribution in [2.75, 3.05) is 0 Å². The van der Waals surface area contributed by atoms with Crippen LogP contribution in [-0.4, -0.2) is 10.00 Å². The van der Waals surface area contributed by atoms with Gasteiger partial charge in [-0.2, -0.15) is 4.89 Å². The summed E-state index contributed by atoms with van der Waals surface area (Å²) in [6, 6.07) is 15.5. The van der Waals surface area contributed by atoms with Gasteiger partial charge in [0.05, 0.1) is 5.56 Å². The van der Waals surface area contributed by atoms with Crippen molar-refractivity contribution in [1.82, 2.24) is 0 Å². The zero-order valence-corrected chi connectivity index (χ0v) is 14.1.